The molecule has 1 aromatic carbocycles. The van der Waals surface area contributed by atoms with Crippen LogP contribution in [0.3, 0.4) is 0 Å². The number of halogens is 3. The third kappa shape index (κ3) is 3.32. The van der Waals surface area contributed by atoms with E-state index in [1.807, 2.05) is 0 Å². The van der Waals surface area contributed by atoms with Crippen LogP contribution >= 0.6 is 11.6 Å². The summed E-state index contributed by atoms with van der Waals surface area (Å²) in [6, 6.07) is 1.99. The Kier molecular flexibility index (Phi) is 4.21. The van der Waals surface area contributed by atoms with Gasteiger partial charge in [-0.2, -0.15) is 0 Å². The number of benzene rings is 1. The molecule has 94 valence electrons. The third-order valence-electron chi connectivity index (χ3n) is 3.30. The second kappa shape index (κ2) is 5.67. The first kappa shape index (κ1) is 12.6. The predicted octanol–water partition coefficient (Wildman–Crippen LogP) is 4.61. The van der Waals surface area contributed by atoms with Crippen LogP contribution in [0.5, 0.6) is 0 Å². The molecule has 1 aliphatic rings. The van der Waals surface area contributed by atoms with Gasteiger partial charge in [0.2, 0.25) is 0 Å². The Hall–Kier alpha value is -0.830. The van der Waals surface area contributed by atoms with E-state index >= 15 is 0 Å². The number of rotatable bonds is 3. The highest BCUT2D eigenvalue weighted by atomic mass is 35.5. The molecule has 1 fully saturated rings. The van der Waals surface area contributed by atoms with Crippen molar-refractivity contribution in [1.29, 1.82) is 0 Å². The fourth-order valence-corrected chi connectivity index (χ4v) is 2.61. The zero-order valence-electron chi connectivity index (χ0n) is 9.61. The molecule has 4 heteroatoms. The topological polar surface area (TPSA) is 12.0 Å². The maximum Gasteiger partial charge on any atom is 0.150 e. The van der Waals surface area contributed by atoms with Crippen LogP contribution in [0.4, 0.5) is 14.5 Å². The lowest BCUT2D eigenvalue weighted by Gasteiger charge is -2.22. The molecule has 0 radical (unpaired) electrons. The highest BCUT2D eigenvalue weighted by Gasteiger charge is 2.15. The molecule has 0 heterocycles. The molecule has 0 saturated heterocycles. The molecule has 1 nitrogen and oxygen atoms in total. The summed E-state index contributed by atoms with van der Waals surface area (Å²) in [6.07, 6.45) is 6.13. The number of anilines is 1. The van der Waals surface area contributed by atoms with Gasteiger partial charge in [-0.05, 0) is 24.8 Å². The zero-order valence-corrected chi connectivity index (χ0v) is 10.4. The van der Waals surface area contributed by atoms with Gasteiger partial charge in [-0.25, -0.2) is 8.78 Å². The standard InChI is InChI=1S/C13H16ClF2N/c14-11-6-10(15)7-12(16)13(11)17-8-9-4-2-1-3-5-9/h6-7,9,17H,1-5,8H2. The SMILES string of the molecule is Fc1cc(F)c(NCC2CCCCC2)c(Cl)c1. The summed E-state index contributed by atoms with van der Waals surface area (Å²) in [6.45, 7) is 0.711. The monoisotopic (exact) mass is 259 g/mol. The fourth-order valence-electron chi connectivity index (χ4n) is 2.35. The van der Waals surface area contributed by atoms with Crippen molar-refractivity contribution in [3.8, 4) is 0 Å². The van der Waals surface area contributed by atoms with Crippen molar-refractivity contribution < 1.29 is 8.78 Å². The molecular weight excluding hydrogens is 244 g/mol. The maximum absolute atomic E-state index is 13.5. The smallest absolute Gasteiger partial charge is 0.150 e. The van der Waals surface area contributed by atoms with Crippen molar-refractivity contribution >= 4 is 17.3 Å². The largest absolute Gasteiger partial charge is 0.381 e. The van der Waals surface area contributed by atoms with E-state index in [2.05, 4.69) is 5.32 Å². The van der Waals surface area contributed by atoms with Gasteiger partial charge in [0.05, 0.1) is 10.7 Å². The Labute approximate surface area is 105 Å². The van der Waals surface area contributed by atoms with Crippen molar-refractivity contribution in [2.45, 2.75) is 32.1 Å². The molecule has 0 atom stereocenters. The van der Waals surface area contributed by atoms with Crippen LogP contribution in [0.2, 0.25) is 5.02 Å². The Bertz CT molecular complexity index is 366. The number of hydrogen-bond donors (Lipinski definition) is 1. The van der Waals surface area contributed by atoms with E-state index in [1.54, 1.807) is 0 Å². The van der Waals surface area contributed by atoms with Gasteiger partial charge in [0.25, 0.3) is 0 Å². The summed E-state index contributed by atoms with van der Waals surface area (Å²) in [4.78, 5) is 0. The Morgan fingerprint density at radius 3 is 2.53 bits per heavy atom. The molecule has 0 aromatic heterocycles. The van der Waals surface area contributed by atoms with E-state index in [4.69, 9.17) is 11.6 Å². The normalized spacial score (nSPS) is 17.1. The summed E-state index contributed by atoms with van der Waals surface area (Å²) in [7, 11) is 0. The zero-order chi connectivity index (χ0) is 12.3. The lowest BCUT2D eigenvalue weighted by atomic mass is 9.89. The predicted molar refractivity (Wildman–Crippen MR) is 66.4 cm³/mol. The van der Waals surface area contributed by atoms with Crippen LogP contribution in [0.15, 0.2) is 12.1 Å². The molecule has 1 aromatic rings. The van der Waals surface area contributed by atoms with Crippen LogP contribution < -0.4 is 5.32 Å². The Morgan fingerprint density at radius 1 is 1.18 bits per heavy atom. The van der Waals surface area contributed by atoms with Gasteiger partial charge in [0, 0.05) is 12.6 Å². The second-order valence-corrected chi connectivity index (χ2v) is 5.04. The van der Waals surface area contributed by atoms with Gasteiger partial charge in [-0.15, -0.1) is 0 Å². The number of nitrogens with one attached hydrogen (secondary N) is 1. The van der Waals surface area contributed by atoms with Crippen molar-refractivity contribution in [2.24, 2.45) is 5.92 Å². The van der Waals surface area contributed by atoms with Gasteiger partial charge in [-0.1, -0.05) is 30.9 Å². The lowest BCUT2D eigenvalue weighted by Crippen LogP contribution is -2.17. The van der Waals surface area contributed by atoms with Crippen molar-refractivity contribution in [1.82, 2.24) is 0 Å². The van der Waals surface area contributed by atoms with Crippen molar-refractivity contribution in [3.05, 3.63) is 28.8 Å². The van der Waals surface area contributed by atoms with E-state index in [0.29, 0.717) is 12.5 Å². The molecule has 0 unspecified atom stereocenters. The van der Waals surface area contributed by atoms with Gasteiger partial charge >= 0.3 is 0 Å². The highest BCUT2D eigenvalue weighted by Crippen LogP contribution is 2.28. The molecule has 0 amide bonds. The third-order valence-corrected chi connectivity index (χ3v) is 3.60. The van der Waals surface area contributed by atoms with E-state index in [1.165, 1.54) is 32.1 Å². The molecule has 0 spiro atoms. The molecule has 2 rings (SSSR count). The molecular formula is C13H16ClF2N. The van der Waals surface area contributed by atoms with Gasteiger partial charge in [0.1, 0.15) is 5.82 Å². The average Bonchev–Trinajstić information content (AvgIpc) is 2.29. The van der Waals surface area contributed by atoms with E-state index < -0.39 is 11.6 Å². The lowest BCUT2D eigenvalue weighted by molar-refractivity contribution is 0.373. The highest BCUT2D eigenvalue weighted by molar-refractivity contribution is 6.33. The van der Waals surface area contributed by atoms with E-state index in [-0.39, 0.29) is 10.7 Å². The molecule has 1 aliphatic carbocycles. The van der Waals surface area contributed by atoms with Gasteiger partial charge in [-0.3, -0.25) is 0 Å². The molecule has 1 saturated carbocycles. The van der Waals surface area contributed by atoms with Crippen LogP contribution in [0, 0.1) is 17.6 Å². The number of hydrogen-bond acceptors (Lipinski definition) is 1. The summed E-state index contributed by atoms with van der Waals surface area (Å²) in [5.74, 6) is -0.689. The minimum absolute atomic E-state index is 0.110. The minimum Gasteiger partial charge on any atom is -0.381 e. The van der Waals surface area contributed by atoms with E-state index in [9.17, 15) is 8.78 Å². The second-order valence-electron chi connectivity index (χ2n) is 4.63. The summed E-state index contributed by atoms with van der Waals surface area (Å²) >= 11 is 5.81. The molecule has 0 aliphatic heterocycles. The van der Waals surface area contributed by atoms with Crippen LogP contribution in [0.1, 0.15) is 32.1 Å². The Morgan fingerprint density at radius 2 is 1.88 bits per heavy atom. The Balaban J connectivity index is 1.98. The van der Waals surface area contributed by atoms with E-state index in [0.717, 1.165) is 12.1 Å². The molecule has 17 heavy (non-hydrogen) atoms. The fraction of sp³-hybridized carbons (Fsp3) is 0.538. The summed E-state index contributed by atoms with van der Waals surface area (Å²) in [5, 5.41) is 3.11. The molecule has 1 N–H and O–H groups in total. The van der Waals surface area contributed by atoms with Crippen molar-refractivity contribution in [2.75, 3.05) is 11.9 Å². The van der Waals surface area contributed by atoms with Crippen LogP contribution in [-0.4, -0.2) is 6.54 Å². The summed E-state index contributed by atoms with van der Waals surface area (Å²) < 4.78 is 26.3. The minimum atomic E-state index is -0.643. The van der Waals surface area contributed by atoms with Crippen molar-refractivity contribution in [3.63, 3.8) is 0 Å². The van der Waals surface area contributed by atoms with Crippen LogP contribution in [-0.2, 0) is 0 Å². The average molecular weight is 260 g/mol. The maximum atomic E-state index is 13.5. The van der Waals surface area contributed by atoms with Gasteiger partial charge < -0.3 is 5.32 Å². The quantitative estimate of drug-likeness (QED) is 0.836. The molecule has 0 bridgehead atoms. The summed E-state index contributed by atoms with van der Waals surface area (Å²) in [5.41, 5.74) is 0.221. The van der Waals surface area contributed by atoms with Crippen LogP contribution in [0.25, 0.3) is 0 Å². The first-order valence-electron chi connectivity index (χ1n) is 6.05. The van der Waals surface area contributed by atoms with Gasteiger partial charge in [0.15, 0.2) is 5.82 Å². The first-order chi connectivity index (χ1) is 8.16. The first-order valence-corrected chi connectivity index (χ1v) is 6.43.